The molecule has 1 saturated carbocycles. The zero-order valence-corrected chi connectivity index (χ0v) is 18.4. The number of likely N-dealkylation sites (tertiary alicyclic amines) is 1. The molecule has 5 nitrogen and oxygen atoms in total. The summed E-state index contributed by atoms with van der Waals surface area (Å²) in [6.45, 7) is 2.70. The molecule has 2 aromatic rings. The van der Waals surface area contributed by atoms with Crippen LogP contribution in [0.2, 0.25) is 0 Å². The third kappa shape index (κ3) is 4.65. The van der Waals surface area contributed by atoms with Crippen molar-refractivity contribution in [3.8, 4) is 11.1 Å². The largest absolute Gasteiger partial charge is 0.341 e. The van der Waals surface area contributed by atoms with Gasteiger partial charge < -0.3 is 4.90 Å². The number of sulfonamides is 1. The summed E-state index contributed by atoms with van der Waals surface area (Å²) in [4.78, 5) is 14.9. The minimum atomic E-state index is -3.39. The number of hydrogen-bond acceptors (Lipinski definition) is 3. The Hall–Kier alpha value is -2.32. The van der Waals surface area contributed by atoms with E-state index in [2.05, 4.69) is 4.72 Å². The Kier molecular flexibility index (Phi) is 5.64. The molecule has 0 aromatic heterocycles. The van der Waals surface area contributed by atoms with E-state index in [9.17, 15) is 22.0 Å². The molecule has 0 bridgehead atoms. The minimum Gasteiger partial charge on any atom is -0.341 e. The fraction of sp³-hybridized carbons (Fsp3) is 0.435. The monoisotopic (exact) mass is 448 g/mol. The van der Waals surface area contributed by atoms with Crippen molar-refractivity contribution in [2.45, 2.75) is 37.6 Å². The van der Waals surface area contributed by atoms with Crippen molar-refractivity contribution in [1.29, 1.82) is 0 Å². The molecule has 3 atom stereocenters. The van der Waals surface area contributed by atoms with Gasteiger partial charge in [-0.25, -0.2) is 21.9 Å². The van der Waals surface area contributed by atoms with E-state index in [1.54, 1.807) is 17.0 Å². The quantitative estimate of drug-likeness (QED) is 0.759. The highest BCUT2D eigenvalue weighted by atomic mass is 32.2. The van der Waals surface area contributed by atoms with Gasteiger partial charge in [-0.1, -0.05) is 30.3 Å². The van der Waals surface area contributed by atoms with Crippen molar-refractivity contribution in [3.05, 3.63) is 59.7 Å². The Morgan fingerprint density at radius 2 is 1.81 bits per heavy atom. The Balaban J connectivity index is 1.54. The van der Waals surface area contributed by atoms with E-state index in [0.717, 1.165) is 11.8 Å². The lowest BCUT2D eigenvalue weighted by Crippen LogP contribution is -2.57. The summed E-state index contributed by atoms with van der Waals surface area (Å²) in [5.74, 6) is -1.67. The molecule has 1 amide bonds. The molecule has 166 valence electrons. The Labute approximate surface area is 181 Å². The molecule has 2 aromatic carbocycles. The average Bonchev–Trinajstić information content (AvgIpc) is 3.46. The van der Waals surface area contributed by atoms with Crippen LogP contribution in [0.3, 0.4) is 0 Å². The number of nitrogens with zero attached hydrogens (tertiary/aromatic N) is 1. The molecule has 4 rings (SSSR count). The summed E-state index contributed by atoms with van der Waals surface area (Å²) in [5.41, 5.74) is 0.471. The predicted octanol–water partition coefficient (Wildman–Crippen LogP) is 3.67. The maximum Gasteiger partial charge on any atom is 0.226 e. The Bertz CT molecular complexity index is 1100. The predicted molar refractivity (Wildman–Crippen MR) is 115 cm³/mol. The van der Waals surface area contributed by atoms with E-state index in [1.165, 1.54) is 18.2 Å². The molecule has 0 spiro atoms. The lowest BCUT2D eigenvalue weighted by Gasteiger charge is -2.40. The Morgan fingerprint density at radius 3 is 2.48 bits per heavy atom. The van der Waals surface area contributed by atoms with Gasteiger partial charge in [0, 0.05) is 24.5 Å². The molecule has 2 fully saturated rings. The number of hydrogen-bond donors (Lipinski definition) is 1. The smallest absolute Gasteiger partial charge is 0.226 e. The summed E-state index contributed by atoms with van der Waals surface area (Å²) >= 11 is 0. The van der Waals surface area contributed by atoms with Crippen LogP contribution in [-0.2, 0) is 14.8 Å². The van der Waals surface area contributed by atoms with Crippen molar-refractivity contribution in [2.24, 2.45) is 5.92 Å². The molecule has 0 radical (unpaired) electrons. The number of amides is 1. The average molecular weight is 449 g/mol. The van der Waals surface area contributed by atoms with Gasteiger partial charge in [0.1, 0.15) is 11.6 Å². The first kappa shape index (κ1) is 21.9. The van der Waals surface area contributed by atoms with Crippen LogP contribution in [0.4, 0.5) is 8.78 Å². The second kappa shape index (κ2) is 7.98. The van der Waals surface area contributed by atoms with Crippen LogP contribution in [-0.4, -0.2) is 44.1 Å². The molecule has 1 heterocycles. The van der Waals surface area contributed by atoms with Gasteiger partial charge in [0.2, 0.25) is 15.9 Å². The van der Waals surface area contributed by atoms with E-state index in [0.29, 0.717) is 37.9 Å². The van der Waals surface area contributed by atoms with Crippen LogP contribution in [0.15, 0.2) is 42.5 Å². The van der Waals surface area contributed by atoms with Crippen molar-refractivity contribution in [2.75, 3.05) is 19.3 Å². The van der Waals surface area contributed by atoms with Gasteiger partial charge in [-0.3, -0.25) is 4.79 Å². The normalized spacial score (nSPS) is 26.0. The second-order valence-corrected chi connectivity index (χ2v) is 10.7. The SMILES string of the molecule is C[C@@]1(NS(C)(=O)=O)CCCN(C(=O)[C@@H]2C[C@H]2c2ccccc2-c2c(F)cccc2F)C1. The van der Waals surface area contributed by atoms with Gasteiger partial charge in [0.05, 0.1) is 11.8 Å². The van der Waals surface area contributed by atoms with E-state index >= 15 is 0 Å². The number of carbonyl (C=O) groups is 1. The van der Waals surface area contributed by atoms with Crippen LogP contribution in [0.1, 0.15) is 37.7 Å². The van der Waals surface area contributed by atoms with Gasteiger partial charge in [-0.05, 0) is 55.4 Å². The molecule has 31 heavy (non-hydrogen) atoms. The van der Waals surface area contributed by atoms with E-state index in [4.69, 9.17) is 0 Å². The van der Waals surface area contributed by atoms with Gasteiger partial charge in [-0.2, -0.15) is 0 Å². The number of benzene rings is 2. The number of nitrogens with one attached hydrogen (secondary N) is 1. The van der Waals surface area contributed by atoms with Crippen LogP contribution in [0, 0.1) is 17.6 Å². The molecule has 1 aliphatic carbocycles. The number of rotatable bonds is 5. The standard InChI is InChI=1S/C23H26F2N2O3S/c1-23(26-31(2,29)30)11-6-12-27(14-23)22(28)18-13-17(18)15-7-3-4-8-16(15)21-19(24)9-5-10-20(21)25/h3-5,7-10,17-18,26H,6,11-14H2,1-2H3/t17-,18+,23+/m0/s1. The van der Waals surface area contributed by atoms with Crippen molar-refractivity contribution < 1.29 is 22.0 Å². The molecule has 1 N–H and O–H groups in total. The highest BCUT2D eigenvalue weighted by molar-refractivity contribution is 7.88. The topological polar surface area (TPSA) is 66.5 Å². The summed E-state index contributed by atoms with van der Waals surface area (Å²) in [6, 6.07) is 10.8. The van der Waals surface area contributed by atoms with Crippen molar-refractivity contribution >= 4 is 15.9 Å². The first-order valence-electron chi connectivity index (χ1n) is 10.4. The number of piperidine rings is 1. The maximum atomic E-state index is 14.4. The summed E-state index contributed by atoms with van der Waals surface area (Å²) in [6.07, 6.45) is 3.10. The molecule has 2 aliphatic rings. The van der Waals surface area contributed by atoms with Crippen molar-refractivity contribution in [1.82, 2.24) is 9.62 Å². The van der Waals surface area contributed by atoms with Crippen LogP contribution in [0.5, 0.6) is 0 Å². The molecule has 8 heteroatoms. The molecule has 1 aliphatic heterocycles. The number of halogens is 2. The highest BCUT2D eigenvalue weighted by Crippen LogP contribution is 2.51. The van der Waals surface area contributed by atoms with E-state index < -0.39 is 27.2 Å². The van der Waals surface area contributed by atoms with Crippen LogP contribution < -0.4 is 4.72 Å². The van der Waals surface area contributed by atoms with Gasteiger partial charge >= 0.3 is 0 Å². The summed E-state index contributed by atoms with van der Waals surface area (Å²) in [5, 5.41) is 0. The fourth-order valence-electron chi connectivity index (χ4n) is 4.81. The van der Waals surface area contributed by atoms with Gasteiger partial charge in [0.15, 0.2) is 0 Å². The zero-order valence-electron chi connectivity index (χ0n) is 17.6. The highest BCUT2D eigenvalue weighted by Gasteiger charge is 2.48. The zero-order chi connectivity index (χ0) is 22.4. The van der Waals surface area contributed by atoms with Crippen LogP contribution in [0.25, 0.3) is 11.1 Å². The summed E-state index contributed by atoms with van der Waals surface area (Å²) in [7, 11) is -3.39. The second-order valence-electron chi connectivity index (χ2n) is 8.93. The first-order chi connectivity index (χ1) is 14.6. The summed E-state index contributed by atoms with van der Waals surface area (Å²) < 4.78 is 54.9. The lowest BCUT2D eigenvalue weighted by molar-refractivity contribution is -0.134. The lowest BCUT2D eigenvalue weighted by atomic mass is 9.91. The molecular formula is C23H26F2N2O3S. The van der Waals surface area contributed by atoms with Gasteiger partial charge in [-0.15, -0.1) is 0 Å². The third-order valence-corrected chi connectivity index (χ3v) is 7.00. The minimum absolute atomic E-state index is 0.0324. The molecule has 1 saturated heterocycles. The van der Waals surface area contributed by atoms with Gasteiger partial charge in [0.25, 0.3) is 0 Å². The molecular weight excluding hydrogens is 422 g/mol. The van der Waals surface area contributed by atoms with E-state index in [1.807, 2.05) is 19.1 Å². The Morgan fingerprint density at radius 1 is 1.13 bits per heavy atom. The maximum absolute atomic E-state index is 14.4. The fourth-order valence-corrected chi connectivity index (χ4v) is 5.87. The molecule has 0 unspecified atom stereocenters. The van der Waals surface area contributed by atoms with Crippen LogP contribution >= 0.6 is 0 Å². The van der Waals surface area contributed by atoms with E-state index in [-0.39, 0.29) is 23.3 Å². The first-order valence-corrected chi connectivity index (χ1v) is 12.3. The third-order valence-electron chi connectivity index (χ3n) is 6.14. The number of carbonyl (C=O) groups excluding carboxylic acids is 1. The van der Waals surface area contributed by atoms with Crippen molar-refractivity contribution in [3.63, 3.8) is 0 Å².